The van der Waals surface area contributed by atoms with Crippen molar-refractivity contribution in [2.45, 2.75) is 19.3 Å². The van der Waals surface area contributed by atoms with Crippen molar-refractivity contribution in [3.05, 3.63) is 16.1 Å². The summed E-state index contributed by atoms with van der Waals surface area (Å²) in [4.78, 5) is 3.99. The number of hydrogen-bond donors (Lipinski definition) is 1. The number of nitrogens with zero attached hydrogens (tertiary/aromatic N) is 1. The van der Waals surface area contributed by atoms with Crippen molar-refractivity contribution in [2.75, 3.05) is 13.6 Å². The summed E-state index contributed by atoms with van der Waals surface area (Å²) in [7, 11) is 1.87. The normalized spacial score (nSPS) is 11.1. The molecule has 0 aliphatic rings. The number of nitrogens with one attached hydrogen (secondary N) is 1. The molecule has 74 valence electrons. The molecule has 0 saturated carbocycles. The fourth-order valence-corrected chi connectivity index (χ4v) is 1.78. The van der Waals surface area contributed by atoms with Crippen LogP contribution < -0.4 is 5.32 Å². The van der Waals surface area contributed by atoms with Crippen LogP contribution in [0.1, 0.15) is 22.7 Å². The van der Waals surface area contributed by atoms with Crippen molar-refractivity contribution < 1.29 is 8.78 Å². The van der Waals surface area contributed by atoms with E-state index in [9.17, 15) is 8.78 Å². The van der Waals surface area contributed by atoms with E-state index in [-0.39, 0.29) is 4.88 Å². The van der Waals surface area contributed by atoms with Crippen LogP contribution in [0.5, 0.6) is 0 Å². The molecule has 1 rings (SSSR count). The van der Waals surface area contributed by atoms with Crippen LogP contribution in [0.4, 0.5) is 8.78 Å². The molecule has 1 heterocycles. The number of aromatic nitrogens is 1. The van der Waals surface area contributed by atoms with Crippen molar-refractivity contribution in [2.24, 2.45) is 0 Å². The molecule has 0 amide bonds. The Labute approximate surface area is 80.0 Å². The summed E-state index contributed by atoms with van der Waals surface area (Å²) in [6, 6.07) is 0. The second-order valence-corrected chi connectivity index (χ2v) is 3.81. The van der Waals surface area contributed by atoms with Gasteiger partial charge in [-0.1, -0.05) is 0 Å². The number of rotatable bonds is 5. The lowest BCUT2D eigenvalue weighted by Gasteiger charge is -1.95. The first-order chi connectivity index (χ1) is 6.24. The smallest absolute Gasteiger partial charge is 0.274 e. The summed E-state index contributed by atoms with van der Waals surface area (Å²) >= 11 is 1.10. The number of aryl methyl sites for hydroxylation is 1. The molecule has 0 unspecified atom stereocenters. The number of thiazole rings is 1. The highest BCUT2D eigenvalue weighted by molar-refractivity contribution is 7.11. The summed E-state index contributed by atoms with van der Waals surface area (Å²) in [6.07, 6.45) is 0.602. The van der Waals surface area contributed by atoms with Gasteiger partial charge in [0.05, 0.1) is 9.88 Å². The summed E-state index contributed by atoms with van der Waals surface area (Å²) in [5.74, 6) is 0. The Hall–Kier alpha value is -0.550. The van der Waals surface area contributed by atoms with Gasteiger partial charge in [-0.25, -0.2) is 13.8 Å². The Kier molecular flexibility index (Phi) is 4.24. The Morgan fingerprint density at radius 2 is 2.38 bits per heavy atom. The van der Waals surface area contributed by atoms with Crippen LogP contribution in [0.25, 0.3) is 0 Å². The Bertz CT molecular complexity index is 250. The molecule has 0 aliphatic heterocycles. The molecule has 5 heteroatoms. The second-order valence-electron chi connectivity index (χ2n) is 2.66. The molecule has 13 heavy (non-hydrogen) atoms. The van der Waals surface area contributed by atoms with Crippen LogP contribution >= 0.6 is 11.3 Å². The predicted molar refractivity (Wildman–Crippen MR) is 49.3 cm³/mol. The summed E-state index contributed by atoms with van der Waals surface area (Å²) in [5.41, 5.74) is 0. The molecular formula is C8H12F2N2S. The molecule has 0 atom stereocenters. The quantitative estimate of drug-likeness (QED) is 0.747. The Morgan fingerprint density at radius 3 is 2.92 bits per heavy atom. The van der Waals surface area contributed by atoms with E-state index >= 15 is 0 Å². The lowest BCUT2D eigenvalue weighted by atomic mass is 10.3. The molecule has 0 spiro atoms. The zero-order valence-electron chi connectivity index (χ0n) is 7.39. The fourth-order valence-electron chi connectivity index (χ4n) is 0.957. The Morgan fingerprint density at radius 1 is 1.62 bits per heavy atom. The zero-order chi connectivity index (χ0) is 9.68. The molecule has 0 radical (unpaired) electrons. The molecule has 1 N–H and O–H groups in total. The van der Waals surface area contributed by atoms with E-state index in [0.717, 1.165) is 35.7 Å². The first-order valence-corrected chi connectivity index (χ1v) is 4.93. The van der Waals surface area contributed by atoms with Gasteiger partial charge in [-0.05, 0) is 20.0 Å². The van der Waals surface area contributed by atoms with Gasteiger partial charge in [0.25, 0.3) is 6.43 Å². The lowest BCUT2D eigenvalue weighted by molar-refractivity contribution is 0.155. The maximum Gasteiger partial charge on any atom is 0.274 e. The standard InChI is InChI=1S/C8H12F2N2S/c1-11-4-2-3-7-12-5-6(13-7)8(9)10/h5,8,11H,2-4H2,1H3. The molecule has 2 nitrogen and oxygen atoms in total. The van der Waals surface area contributed by atoms with Crippen molar-refractivity contribution in [1.29, 1.82) is 0 Å². The van der Waals surface area contributed by atoms with E-state index in [4.69, 9.17) is 0 Å². The first-order valence-electron chi connectivity index (χ1n) is 4.11. The third-order valence-corrected chi connectivity index (χ3v) is 2.67. The zero-order valence-corrected chi connectivity index (χ0v) is 8.20. The third kappa shape index (κ3) is 3.36. The second kappa shape index (κ2) is 5.24. The van der Waals surface area contributed by atoms with Gasteiger partial charge in [-0.3, -0.25) is 0 Å². The minimum atomic E-state index is -2.38. The third-order valence-electron chi connectivity index (χ3n) is 1.60. The Balaban J connectivity index is 2.40. The molecule has 1 aromatic rings. The van der Waals surface area contributed by atoms with Gasteiger partial charge in [0, 0.05) is 12.6 Å². The van der Waals surface area contributed by atoms with E-state index in [1.807, 2.05) is 7.05 Å². The summed E-state index contributed by atoms with van der Waals surface area (Å²) in [5, 5.41) is 3.79. The number of hydrogen-bond acceptors (Lipinski definition) is 3. The topological polar surface area (TPSA) is 24.9 Å². The average Bonchev–Trinajstić information content (AvgIpc) is 2.53. The number of alkyl halides is 2. The molecule has 0 fully saturated rings. The van der Waals surface area contributed by atoms with Crippen molar-refractivity contribution in [1.82, 2.24) is 10.3 Å². The van der Waals surface area contributed by atoms with Gasteiger partial charge in [0.15, 0.2) is 0 Å². The summed E-state index contributed by atoms with van der Waals surface area (Å²) in [6.45, 7) is 0.892. The maximum atomic E-state index is 12.1. The first kappa shape index (κ1) is 10.5. The van der Waals surface area contributed by atoms with Crippen LogP contribution in [-0.4, -0.2) is 18.6 Å². The number of halogens is 2. The van der Waals surface area contributed by atoms with E-state index in [1.165, 1.54) is 6.20 Å². The highest BCUT2D eigenvalue weighted by Crippen LogP contribution is 2.25. The van der Waals surface area contributed by atoms with Crippen molar-refractivity contribution in [3.63, 3.8) is 0 Å². The van der Waals surface area contributed by atoms with E-state index < -0.39 is 6.43 Å². The summed E-state index contributed by atoms with van der Waals surface area (Å²) < 4.78 is 24.3. The highest BCUT2D eigenvalue weighted by Gasteiger charge is 2.10. The van der Waals surface area contributed by atoms with E-state index in [1.54, 1.807) is 0 Å². The molecule has 1 aromatic heterocycles. The van der Waals surface area contributed by atoms with Crippen LogP contribution in [0.15, 0.2) is 6.20 Å². The largest absolute Gasteiger partial charge is 0.320 e. The predicted octanol–water partition coefficient (Wildman–Crippen LogP) is 2.23. The monoisotopic (exact) mass is 206 g/mol. The SMILES string of the molecule is CNCCCc1ncc(C(F)F)s1. The van der Waals surface area contributed by atoms with E-state index in [0.29, 0.717) is 0 Å². The van der Waals surface area contributed by atoms with Gasteiger partial charge < -0.3 is 5.32 Å². The molecule has 0 bridgehead atoms. The van der Waals surface area contributed by atoms with Crippen molar-refractivity contribution in [3.8, 4) is 0 Å². The minimum Gasteiger partial charge on any atom is -0.320 e. The molecule has 0 aromatic carbocycles. The van der Waals surface area contributed by atoms with Gasteiger partial charge in [-0.15, -0.1) is 11.3 Å². The van der Waals surface area contributed by atoms with Crippen LogP contribution in [0.2, 0.25) is 0 Å². The highest BCUT2D eigenvalue weighted by atomic mass is 32.1. The van der Waals surface area contributed by atoms with Crippen LogP contribution in [0, 0.1) is 0 Å². The molecular weight excluding hydrogens is 194 g/mol. The van der Waals surface area contributed by atoms with Crippen molar-refractivity contribution >= 4 is 11.3 Å². The minimum absolute atomic E-state index is 0.0689. The van der Waals surface area contributed by atoms with Crippen LogP contribution in [-0.2, 0) is 6.42 Å². The molecule has 0 aliphatic carbocycles. The van der Waals surface area contributed by atoms with Gasteiger partial charge in [0.1, 0.15) is 0 Å². The lowest BCUT2D eigenvalue weighted by Crippen LogP contribution is -2.08. The van der Waals surface area contributed by atoms with E-state index in [2.05, 4.69) is 10.3 Å². The molecule has 0 saturated heterocycles. The maximum absolute atomic E-state index is 12.1. The fraction of sp³-hybridized carbons (Fsp3) is 0.625. The van der Waals surface area contributed by atoms with Gasteiger partial charge >= 0.3 is 0 Å². The van der Waals surface area contributed by atoms with Gasteiger partial charge in [-0.2, -0.15) is 0 Å². The average molecular weight is 206 g/mol. The van der Waals surface area contributed by atoms with Gasteiger partial charge in [0.2, 0.25) is 0 Å². The van der Waals surface area contributed by atoms with Crippen LogP contribution in [0.3, 0.4) is 0 Å².